The Bertz CT molecular complexity index is 236. The molecule has 2 aliphatic rings. The number of rotatable bonds is 0. The van der Waals surface area contributed by atoms with E-state index in [0.29, 0.717) is 5.92 Å². The Morgan fingerprint density at radius 2 is 1.92 bits per heavy atom. The van der Waals surface area contributed by atoms with E-state index in [9.17, 15) is 0 Å². The second-order valence-electron chi connectivity index (χ2n) is 3.87. The third kappa shape index (κ3) is 1.91. The van der Waals surface area contributed by atoms with Gasteiger partial charge in [0, 0.05) is 5.92 Å². The monoisotopic (exact) mass is 160 g/mol. The van der Waals surface area contributed by atoms with E-state index >= 15 is 0 Å². The third-order valence-electron chi connectivity index (χ3n) is 2.78. The molecule has 0 heteroatoms. The van der Waals surface area contributed by atoms with Crippen LogP contribution in [-0.4, -0.2) is 0 Å². The maximum absolute atomic E-state index is 3.31. The predicted molar refractivity (Wildman–Crippen MR) is 51.7 cm³/mol. The van der Waals surface area contributed by atoms with Gasteiger partial charge in [0.15, 0.2) is 0 Å². The minimum atomic E-state index is 0.609. The lowest BCUT2D eigenvalue weighted by Crippen LogP contribution is -1.92. The largest absolute Gasteiger partial charge is 0.0906 e. The van der Waals surface area contributed by atoms with Crippen LogP contribution >= 0.6 is 0 Å². The number of allylic oxidation sites excluding steroid dienone is 2. The van der Waals surface area contributed by atoms with Crippen LogP contribution in [0.2, 0.25) is 0 Å². The SMILES string of the molecule is C1#CC2C=C1CCCCCCC2. The van der Waals surface area contributed by atoms with E-state index in [4.69, 9.17) is 0 Å². The zero-order valence-electron chi connectivity index (χ0n) is 7.60. The van der Waals surface area contributed by atoms with Gasteiger partial charge < -0.3 is 0 Å². The Hall–Kier alpha value is -0.700. The summed E-state index contributed by atoms with van der Waals surface area (Å²) in [7, 11) is 0. The van der Waals surface area contributed by atoms with E-state index in [-0.39, 0.29) is 0 Å². The smallest absolute Gasteiger partial charge is 0.0398 e. The van der Waals surface area contributed by atoms with Crippen LogP contribution in [0.1, 0.15) is 44.9 Å². The summed E-state index contributed by atoms with van der Waals surface area (Å²) >= 11 is 0. The quantitative estimate of drug-likeness (QED) is 0.477. The summed E-state index contributed by atoms with van der Waals surface area (Å²) in [6, 6.07) is 0. The van der Waals surface area contributed by atoms with Crippen molar-refractivity contribution in [1.82, 2.24) is 0 Å². The zero-order chi connectivity index (χ0) is 8.23. The Kier molecular flexibility index (Phi) is 2.51. The molecule has 64 valence electrons. The van der Waals surface area contributed by atoms with Crippen LogP contribution in [-0.2, 0) is 0 Å². The lowest BCUT2D eigenvalue weighted by atomic mass is 9.98. The molecule has 2 aliphatic carbocycles. The van der Waals surface area contributed by atoms with Gasteiger partial charge in [0.25, 0.3) is 0 Å². The van der Waals surface area contributed by atoms with Crippen molar-refractivity contribution in [2.75, 3.05) is 0 Å². The van der Waals surface area contributed by atoms with E-state index in [1.165, 1.54) is 50.5 Å². The van der Waals surface area contributed by atoms with Crippen molar-refractivity contribution in [1.29, 1.82) is 0 Å². The first kappa shape index (κ1) is 7.92. The molecular weight excluding hydrogens is 144 g/mol. The van der Waals surface area contributed by atoms with Gasteiger partial charge in [-0.15, -0.1) is 0 Å². The van der Waals surface area contributed by atoms with Crippen molar-refractivity contribution in [3.63, 3.8) is 0 Å². The molecule has 0 nitrogen and oxygen atoms in total. The van der Waals surface area contributed by atoms with Crippen LogP contribution in [0, 0.1) is 17.8 Å². The Morgan fingerprint density at radius 3 is 2.92 bits per heavy atom. The molecule has 0 fully saturated rings. The molecule has 0 radical (unpaired) electrons. The predicted octanol–water partition coefficient (Wildman–Crippen LogP) is 3.29. The Labute approximate surface area is 75.1 Å². The Morgan fingerprint density at radius 1 is 1.08 bits per heavy atom. The van der Waals surface area contributed by atoms with Crippen molar-refractivity contribution in [2.45, 2.75) is 44.9 Å². The summed E-state index contributed by atoms with van der Waals surface area (Å²) in [5.41, 5.74) is 1.42. The molecule has 0 aromatic rings. The molecule has 2 bridgehead atoms. The average Bonchev–Trinajstić information content (AvgIpc) is 2.51. The average molecular weight is 160 g/mol. The van der Waals surface area contributed by atoms with E-state index in [2.05, 4.69) is 17.9 Å². The Balaban J connectivity index is 1.98. The highest BCUT2D eigenvalue weighted by molar-refractivity contribution is 5.38. The minimum absolute atomic E-state index is 0.609. The summed E-state index contributed by atoms with van der Waals surface area (Å²) in [4.78, 5) is 0. The van der Waals surface area contributed by atoms with Gasteiger partial charge in [0.2, 0.25) is 0 Å². The van der Waals surface area contributed by atoms with Gasteiger partial charge in [-0.05, 0) is 24.8 Å². The first-order chi connectivity index (χ1) is 5.95. The van der Waals surface area contributed by atoms with Crippen molar-refractivity contribution in [3.05, 3.63) is 11.6 Å². The molecule has 0 spiro atoms. The van der Waals surface area contributed by atoms with Gasteiger partial charge in [-0.25, -0.2) is 0 Å². The number of fused-ring (bicyclic) bond motifs is 1. The topological polar surface area (TPSA) is 0 Å². The number of hydrogen-bond donors (Lipinski definition) is 0. The first-order valence-electron chi connectivity index (χ1n) is 5.17. The molecule has 0 saturated heterocycles. The molecule has 1 unspecified atom stereocenters. The molecule has 2 rings (SSSR count). The van der Waals surface area contributed by atoms with Crippen LogP contribution in [0.4, 0.5) is 0 Å². The molecule has 0 aliphatic heterocycles. The van der Waals surface area contributed by atoms with Crippen LogP contribution in [0.5, 0.6) is 0 Å². The van der Waals surface area contributed by atoms with Crippen LogP contribution in [0.25, 0.3) is 0 Å². The van der Waals surface area contributed by atoms with Crippen molar-refractivity contribution in [2.24, 2.45) is 5.92 Å². The summed E-state index contributed by atoms with van der Waals surface area (Å²) in [5, 5.41) is 0. The fourth-order valence-electron chi connectivity index (χ4n) is 2.02. The van der Waals surface area contributed by atoms with Crippen molar-refractivity contribution >= 4 is 0 Å². The van der Waals surface area contributed by atoms with Crippen molar-refractivity contribution < 1.29 is 0 Å². The molecule has 0 heterocycles. The number of hydrogen-bond acceptors (Lipinski definition) is 0. The van der Waals surface area contributed by atoms with Crippen molar-refractivity contribution in [3.8, 4) is 11.8 Å². The molecular formula is C12H16. The zero-order valence-corrected chi connectivity index (χ0v) is 7.60. The molecule has 1 atom stereocenters. The first-order valence-corrected chi connectivity index (χ1v) is 5.17. The molecule has 12 heavy (non-hydrogen) atoms. The fraction of sp³-hybridized carbons (Fsp3) is 0.667. The maximum Gasteiger partial charge on any atom is 0.0398 e. The van der Waals surface area contributed by atoms with Crippen LogP contribution < -0.4 is 0 Å². The van der Waals surface area contributed by atoms with Crippen LogP contribution in [0.3, 0.4) is 0 Å². The normalized spacial score (nSPS) is 28.7. The van der Waals surface area contributed by atoms with Gasteiger partial charge in [-0.3, -0.25) is 0 Å². The third-order valence-corrected chi connectivity index (χ3v) is 2.78. The molecule has 0 N–H and O–H groups in total. The van der Waals surface area contributed by atoms with Gasteiger partial charge in [-0.2, -0.15) is 0 Å². The molecule has 0 amide bonds. The lowest BCUT2D eigenvalue weighted by Gasteiger charge is -2.06. The summed E-state index contributed by atoms with van der Waals surface area (Å²) in [5.74, 6) is 7.19. The van der Waals surface area contributed by atoms with E-state index in [1.54, 1.807) is 0 Å². The second-order valence-corrected chi connectivity index (χ2v) is 3.87. The van der Waals surface area contributed by atoms with Gasteiger partial charge in [-0.1, -0.05) is 43.6 Å². The maximum atomic E-state index is 3.31. The van der Waals surface area contributed by atoms with Crippen LogP contribution in [0.15, 0.2) is 11.6 Å². The van der Waals surface area contributed by atoms with E-state index in [1.807, 2.05) is 0 Å². The molecule has 0 aromatic carbocycles. The van der Waals surface area contributed by atoms with Gasteiger partial charge >= 0.3 is 0 Å². The summed E-state index contributed by atoms with van der Waals surface area (Å²) in [6.45, 7) is 0. The van der Waals surface area contributed by atoms with Gasteiger partial charge in [0.05, 0.1) is 0 Å². The summed E-state index contributed by atoms with van der Waals surface area (Å²) < 4.78 is 0. The minimum Gasteiger partial charge on any atom is -0.0906 e. The van der Waals surface area contributed by atoms with Gasteiger partial charge in [0.1, 0.15) is 0 Å². The van der Waals surface area contributed by atoms with E-state index < -0.39 is 0 Å². The lowest BCUT2D eigenvalue weighted by molar-refractivity contribution is 0.565. The molecule has 0 aromatic heterocycles. The second kappa shape index (κ2) is 3.81. The highest BCUT2D eigenvalue weighted by Crippen LogP contribution is 2.23. The molecule has 0 saturated carbocycles. The van der Waals surface area contributed by atoms with E-state index in [0.717, 1.165) is 0 Å². The standard InChI is InChI=1S/C12H16/c1-2-4-6-11-8-9-12(10-11)7-5-3-1/h10-11H,1-7H2. The fourth-order valence-corrected chi connectivity index (χ4v) is 2.02. The highest BCUT2D eigenvalue weighted by Gasteiger charge is 2.09. The highest BCUT2D eigenvalue weighted by atomic mass is 14.1. The summed E-state index contributed by atoms with van der Waals surface area (Å²) in [6.07, 6.45) is 11.9.